The number of nitrogens with two attached hydrogens (primary N) is 1. The fraction of sp³-hybridized carbons (Fsp3) is 0.556. The van der Waals surface area contributed by atoms with Crippen LogP contribution in [0.4, 0.5) is 0 Å². The van der Waals surface area contributed by atoms with Crippen molar-refractivity contribution in [1.29, 1.82) is 0 Å². The van der Waals surface area contributed by atoms with Crippen LogP contribution < -0.4 is 5.73 Å². The Morgan fingerprint density at radius 1 is 1.00 bits per heavy atom. The van der Waals surface area contributed by atoms with Crippen molar-refractivity contribution in [2.24, 2.45) is 11.7 Å². The first-order valence-electron chi connectivity index (χ1n) is 7.18. The first kappa shape index (κ1) is 20.1. The smallest absolute Gasteiger partial charge is 0.00242 e. The monoisotopic (exact) mass is 263 g/mol. The Morgan fingerprint density at radius 2 is 1.21 bits per heavy atom. The highest BCUT2D eigenvalue weighted by Crippen LogP contribution is 2.06. The molecule has 0 aliphatic carbocycles. The average molecular weight is 263 g/mol. The molecule has 0 radical (unpaired) electrons. The molecule has 0 saturated carbocycles. The molecule has 1 aromatic carbocycles. The minimum absolute atomic E-state index is 0.667. The summed E-state index contributed by atoms with van der Waals surface area (Å²) in [5, 5.41) is 0. The molecule has 1 rings (SSSR count). The van der Waals surface area contributed by atoms with E-state index in [1.807, 2.05) is 0 Å². The summed E-state index contributed by atoms with van der Waals surface area (Å²) in [6, 6.07) is 6.56. The van der Waals surface area contributed by atoms with Crippen LogP contribution in [0.1, 0.15) is 57.2 Å². The van der Waals surface area contributed by atoms with E-state index in [0.717, 1.165) is 5.92 Å². The van der Waals surface area contributed by atoms with Gasteiger partial charge in [0.05, 0.1) is 0 Å². The highest BCUT2D eigenvalue weighted by atomic mass is 14.5. The SMILES string of the molecule is C=C(C)N.CCC(C)CC.Cc1cc(C)cc(C)c1. The minimum atomic E-state index is 0.667. The molecule has 0 fully saturated rings. The number of benzene rings is 1. The number of hydrogen-bond acceptors (Lipinski definition) is 1. The van der Waals surface area contributed by atoms with E-state index >= 15 is 0 Å². The van der Waals surface area contributed by atoms with Gasteiger partial charge in [0.1, 0.15) is 0 Å². The first-order valence-corrected chi connectivity index (χ1v) is 7.18. The summed E-state index contributed by atoms with van der Waals surface area (Å²) in [5.74, 6) is 0.935. The maximum Gasteiger partial charge on any atom is -0.00242 e. The van der Waals surface area contributed by atoms with Crippen LogP contribution in [0.15, 0.2) is 30.5 Å². The van der Waals surface area contributed by atoms with E-state index in [0.29, 0.717) is 5.70 Å². The van der Waals surface area contributed by atoms with Gasteiger partial charge in [-0.05, 0) is 39.3 Å². The van der Waals surface area contributed by atoms with Crippen LogP contribution in [0, 0.1) is 26.7 Å². The zero-order valence-corrected chi connectivity index (χ0v) is 14.0. The molecule has 0 aromatic heterocycles. The fourth-order valence-electron chi connectivity index (χ4n) is 1.49. The predicted molar refractivity (Wildman–Crippen MR) is 89.4 cm³/mol. The predicted octanol–water partition coefficient (Wildman–Crippen LogP) is 5.53. The quantitative estimate of drug-likeness (QED) is 0.745. The molecule has 0 aliphatic rings. The number of hydrogen-bond donors (Lipinski definition) is 1. The molecule has 0 amide bonds. The maximum absolute atomic E-state index is 4.92. The number of aryl methyl sites for hydroxylation is 3. The lowest BCUT2D eigenvalue weighted by atomic mass is 10.1. The molecule has 2 N–H and O–H groups in total. The van der Waals surface area contributed by atoms with Crippen molar-refractivity contribution in [3.8, 4) is 0 Å². The highest BCUT2D eigenvalue weighted by molar-refractivity contribution is 5.27. The van der Waals surface area contributed by atoms with Gasteiger partial charge in [-0.2, -0.15) is 0 Å². The summed E-state index contributed by atoms with van der Waals surface area (Å²) >= 11 is 0. The lowest BCUT2D eigenvalue weighted by Crippen LogP contribution is -1.85. The van der Waals surface area contributed by atoms with Crippen molar-refractivity contribution in [3.05, 3.63) is 47.2 Å². The summed E-state index contributed by atoms with van der Waals surface area (Å²) in [5.41, 5.74) is 9.65. The Kier molecular flexibility index (Phi) is 12.5. The van der Waals surface area contributed by atoms with Crippen molar-refractivity contribution in [2.45, 2.75) is 61.3 Å². The molecule has 0 unspecified atom stereocenters. The van der Waals surface area contributed by atoms with E-state index in [4.69, 9.17) is 5.73 Å². The normalized spacial score (nSPS) is 9.05. The second-order valence-electron chi connectivity index (χ2n) is 5.43. The molecule has 19 heavy (non-hydrogen) atoms. The molecule has 0 spiro atoms. The third-order valence-corrected chi connectivity index (χ3v) is 2.76. The van der Waals surface area contributed by atoms with Crippen molar-refractivity contribution < 1.29 is 0 Å². The van der Waals surface area contributed by atoms with Crippen LogP contribution in [0.25, 0.3) is 0 Å². The summed E-state index contributed by atoms with van der Waals surface area (Å²) in [6.07, 6.45) is 2.66. The molecule has 0 saturated heterocycles. The number of allylic oxidation sites excluding steroid dienone is 1. The van der Waals surface area contributed by atoms with E-state index in [9.17, 15) is 0 Å². The second kappa shape index (κ2) is 11.8. The lowest BCUT2D eigenvalue weighted by Gasteiger charge is -1.98. The van der Waals surface area contributed by atoms with Gasteiger partial charge in [0.15, 0.2) is 0 Å². The molecular weight excluding hydrogens is 230 g/mol. The third-order valence-electron chi connectivity index (χ3n) is 2.76. The molecular formula is C18H33N. The Labute approximate surface area is 120 Å². The molecule has 0 heterocycles. The van der Waals surface area contributed by atoms with Crippen LogP contribution in [0.5, 0.6) is 0 Å². The summed E-state index contributed by atoms with van der Waals surface area (Å²) in [6.45, 7) is 18.2. The van der Waals surface area contributed by atoms with Gasteiger partial charge in [0.25, 0.3) is 0 Å². The molecule has 1 aromatic rings. The first-order chi connectivity index (χ1) is 8.72. The van der Waals surface area contributed by atoms with Gasteiger partial charge in [0, 0.05) is 0 Å². The van der Waals surface area contributed by atoms with Crippen LogP contribution in [0.2, 0.25) is 0 Å². The zero-order valence-electron chi connectivity index (χ0n) is 14.0. The largest absolute Gasteiger partial charge is 0.403 e. The molecule has 1 nitrogen and oxygen atoms in total. The minimum Gasteiger partial charge on any atom is -0.403 e. The van der Waals surface area contributed by atoms with Gasteiger partial charge in [0.2, 0.25) is 0 Å². The van der Waals surface area contributed by atoms with E-state index in [2.05, 4.69) is 66.3 Å². The molecule has 0 atom stereocenters. The van der Waals surface area contributed by atoms with Crippen LogP contribution in [0.3, 0.4) is 0 Å². The Balaban J connectivity index is 0. The molecule has 0 bridgehead atoms. The second-order valence-corrected chi connectivity index (χ2v) is 5.43. The zero-order chi connectivity index (χ0) is 15.4. The van der Waals surface area contributed by atoms with Crippen molar-refractivity contribution in [2.75, 3.05) is 0 Å². The van der Waals surface area contributed by atoms with Crippen molar-refractivity contribution in [1.82, 2.24) is 0 Å². The van der Waals surface area contributed by atoms with Gasteiger partial charge < -0.3 is 5.73 Å². The highest BCUT2D eigenvalue weighted by Gasteiger charge is 1.88. The van der Waals surface area contributed by atoms with Gasteiger partial charge in [-0.15, -0.1) is 0 Å². The van der Waals surface area contributed by atoms with E-state index < -0.39 is 0 Å². The van der Waals surface area contributed by atoms with E-state index in [1.165, 1.54) is 29.5 Å². The topological polar surface area (TPSA) is 26.0 Å². The average Bonchev–Trinajstić information content (AvgIpc) is 2.26. The van der Waals surface area contributed by atoms with E-state index in [-0.39, 0.29) is 0 Å². The summed E-state index contributed by atoms with van der Waals surface area (Å²) in [7, 11) is 0. The van der Waals surface area contributed by atoms with Gasteiger partial charge in [-0.3, -0.25) is 0 Å². The van der Waals surface area contributed by atoms with Crippen molar-refractivity contribution >= 4 is 0 Å². The molecule has 1 heteroatoms. The molecule has 0 aliphatic heterocycles. The van der Waals surface area contributed by atoms with Crippen molar-refractivity contribution in [3.63, 3.8) is 0 Å². The summed E-state index contributed by atoms with van der Waals surface area (Å²) in [4.78, 5) is 0. The maximum atomic E-state index is 4.92. The number of rotatable bonds is 2. The van der Waals surface area contributed by atoms with Crippen LogP contribution in [-0.2, 0) is 0 Å². The molecule has 110 valence electrons. The van der Waals surface area contributed by atoms with E-state index in [1.54, 1.807) is 6.92 Å². The van der Waals surface area contributed by atoms with Crippen LogP contribution >= 0.6 is 0 Å². The Hall–Kier alpha value is -1.24. The fourth-order valence-corrected chi connectivity index (χ4v) is 1.49. The van der Waals surface area contributed by atoms with Gasteiger partial charge >= 0.3 is 0 Å². The Bertz CT molecular complexity index is 294. The summed E-state index contributed by atoms with van der Waals surface area (Å²) < 4.78 is 0. The lowest BCUT2D eigenvalue weighted by molar-refractivity contribution is 0.544. The third kappa shape index (κ3) is 16.8. The van der Waals surface area contributed by atoms with Crippen LogP contribution in [-0.4, -0.2) is 0 Å². The van der Waals surface area contributed by atoms with Gasteiger partial charge in [-0.25, -0.2) is 0 Å². The standard InChI is InChI=1S/C9H12.C6H14.C3H7N/c1-7-4-8(2)6-9(3)5-7;1-4-6(3)5-2;1-3(2)4/h4-6H,1-3H3;6H,4-5H2,1-3H3;1,4H2,2H3. The van der Waals surface area contributed by atoms with Gasteiger partial charge in [-0.1, -0.05) is 75.1 Å². The Morgan fingerprint density at radius 3 is 1.32 bits per heavy atom.